The second kappa shape index (κ2) is 70.4. The largest absolute Gasteiger partial charge is 0.472 e. The summed E-state index contributed by atoms with van der Waals surface area (Å²) in [4.78, 5) is 73.0. The smallest absolute Gasteiger partial charge is 0.462 e. The van der Waals surface area contributed by atoms with E-state index in [0.29, 0.717) is 31.6 Å². The fourth-order valence-corrected chi connectivity index (χ4v) is 13.9. The first-order valence-corrected chi connectivity index (χ1v) is 44.4. The summed E-state index contributed by atoms with van der Waals surface area (Å²) in [6.07, 6.45) is 58.3. The van der Waals surface area contributed by atoms with Crippen LogP contribution < -0.4 is 0 Å². The first-order chi connectivity index (χ1) is 47.8. The number of carbonyl (C=O) groups is 4. The van der Waals surface area contributed by atoms with Crippen molar-refractivity contribution in [1.29, 1.82) is 0 Å². The zero-order valence-electron chi connectivity index (χ0n) is 65.0. The molecule has 99 heavy (non-hydrogen) atoms. The van der Waals surface area contributed by atoms with Crippen molar-refractivity contribution in [3.8, 4) is 0 Å². The Hall–Kier alpha value is -1.94. The highest BCUT2D eigenvalue weighted by atomic mass is 31.2. The summed E-state index contributed by atoms with van der Waals surface area (Å²) in [5.41, 5.74) is 0. The van der Waals surface area contributed by atoms with Crippen molar-refractivity contribution in [3.63, 3.8) is 0 Å². The summed E-state index contributed by atoms with van der Waals surface area (Å²) >= 11 is 0. The van der Waals surface area contributed by atoms with Crippen molar-refractivity contribution in [2.45, 2.75) is 433 Å². The van der Waals surface area contributed by atoms with Crippen LogP contribution in [0.3, 0.4) is 0 Å². The van der Waals surface area contributed by atoms with Gasteiger partial charge in [0.2, 0.25) is 0 Å². The highest BCUT2D eigenvalue weighted by Crippen LogP contribution is 2.45. The van der Waals surface area contributed by atoms with E-state index in [1.165, 1.54) is 218 Å². The van der Waals surface area contributed by atoms with Gasteiger partial charge in [-0.25, -0.2) is 9.13 Å². The fraction of sp³-hybridized carbons (Fsp3) is 0.950. The van der Waals surface area contributed by atoms with Crippen molar-refractivity contribution < 1.29 is 80.2 Å². The van der Waals surface area contributed by atoms with Crippen molar-refractivity contribution in [2.75, 3.05) is 39.6 Å². The lowest BCUT2D eigenvalue weighted by Crippen LogP contribution is -2.30. The summed E-state index contributed by atoms with van der Waals surface area (Å²) in [6.45, 7) is 11.9. The van der Waals surface area contributed by atoms with E-state index in [0.717, 1.165) is 108 Å². The van der Waals surface area contributed by atoms with Crippen LogP contribution in [0.15, 0.2) is 0 Å². The number of carbonyl (C=O) groups excluding carboxylic acids is 4. The molecule has 0 bridgehead atoms. The maximum Gasteiger partial charge on any atom is 0.472 e. The lowest BCUT2D eigenvalue weighted by atomic mass is 9.99. The molecule has 17 nitrogen and oxygen atoms in total. The van der Waals surface area contributed by atoms with Gasteiger partial charge >= 0.3 is 39.5 Å². The molecule has 6 atom stereocenters. The number of aliphatic hydroxyl groups excluding tert-OH is 1. The van der Waals surface area contributed by atoms with E-state index in [4.69, 9.17) is 37.0 Å². The van der Waals surface area contributed by atoms with Gasteiger partial charge < -0.3 is 33.8 Å². The number of unbranched alkanes of at least 4 members (excludes halogenated alkanes) is 45. The third-order valence-electron chi connectivity index (χ3n) is 19.0. The Kier molecular flexibility index (Phi) is 69.0. The van der Waals surface area contributed by atoms with Crippen LogP contribution in [0.4, 0.5) is 0 Å². The van der Waals surface area contributed by atoms with Gasteiger partial charge in [-0.05, 0) is 43.4 Å². The Morgan fingerprint density at radius 1 is 0.293 bits per heavy atom. The zero-order valence-corrected chi connectivity index (χ0v) is 66.8. The lowest BCUT2D eigenvalue weighted by molar-refractivity contribution is -0.161. The van der Waals surface area contributed by atoms with Gasteiger partial charge in [0, 0.05) is 25.7 Å². The normalized spacial score (nSPS) is 14.3. The molecule has 0 aliphatic carbocycles. The lowest BCUT2D eigenvalue weighted by Gasteiger charge is -2.21. The van der Waals surface area contributed by atoms with Crippen molar-refractivity contribution in [2.24, 2.45) is 17.8 Å². The van der Waals surface area contributed by atoms with Gasteiger partial charge in [0.1, 0.15) is 19.3 Å². The molecule has 0 saturated heterocycles. The van der Waals surface area contributed by atoms with Gasteiger partial charge in [0.05, 0.1) is 26.4 Å². The Balaban J connectivity index is 5.25. The van der Waals surface area contributed by atoms with E-state index in [-0.39, 0.29) is 25.7 Å². The molecular weight excluding hydrogens is 1290 g/mol. The van der Waals surface area contributed by atoms with Crippen molar-refractivity contribution in [1.82, 2.24) is 0 Å². The molecule has 0 rings (SSSR count). The van der Waals surface area contributed by atoms with Gasteiger partial charge in [0.25, 0.3) is 0 Å². The SMILES string of the molecule is CCCCCCCCCCCCCCCCCCCCC(=O)O[C@H](COC(=O)CCCCCCCCCCCCCCCCC(C)C)COP(=O)(O)OC[C@@H](O)COP(=O)(O)OC[C@@H](COC(=O)CCCCCCCCCC(C)C)OC(=O)CCCCCCCCCCCCC(C)CC. The number of rotatable bonds is 78. The van der Waals surface area contributed by atoms with Crippen LogP contribution in [0.5, 0.6) is 0 Å². The number of ether oxygens (including phenoxy) is 4. The van der Waals surface area contributed by atoms with E-state index in [9.17, 15) is 43.2 Å². The van der Waals surface area contributed by atoms with E-state index < -0.39 is 97.5 Å². The second-order valence-corrected chi connectivity index (χ2v) is 32.9. The maximum atomic E-state index is 13.1. The molecule has 0 aliphatic rings. The van der Waals surface area contributed by atoms with Crippen LogP contribution in [-0.2, 0) is 65.4 Å². The molecule has 0 heterocycles. The molecule has 0 saturated carbocycles. The highest BCUT2D eigenvalue weighted by molar-refractivity contribution is 7.47. The predicted molar refractivity (Wildman–Crippen MR) is 405 cm³/mol. The summed E-state index contributed by atoms with van der Waals surface area (Å²) in [5.74, 6) is 0.194. The van der Waals surface area contributed by atoms with Gasteiger partial charge in [-0.2, -0.15) is 0 Å². The topological polar surface area (TPSA) is 237 Å². The van der Waals surface area contributed by atoms with Crippen LogP contribution in [0.2, 0.25) is 0 Å². The summed E-state index contributed by atoms with van der Waals surface area (Å²) in [5, 5.41) is 10.6. The number of phosphoric ester groups is 2. The van der Waals surface area contributed by atoms with Crippen LogP contribution in [0.25, 0.3) is 0 Å². The van der Waals surface area contributed by atoms with Gasteiger partial charge in [-0.3, -0.25) is 37.3 Å². The predicted octanol–water partition coefficient (Wildman–Crippen LogP) is 23.7. The molecule has 0 amide bonds. The summed E-state index contributed by atoms with van der Waals surface area (Å²) in [7, 11) is -9.92. The Bertz CT molecular complexity index is 1920. The summed E-state index contributed by atoms with van der Waals surface area (Å²) in [6, 6.07) is 0. The van der Waals surface area contributed by atoms with Gasteiger partial charge in [-0.1, -0.05) is 363 Å². The van der Waals surface area contributed by atoms with E-state index in [1.807, 2.05) is 0 Å². The fourth-order valence-electron chi connectivity index (χ4n) is 12.3. The number of hydrogen-bond donors (Lipinski definition) is 3. The van der Waals surface area contributed by atoms with Crippen molar-refractivity contribution >= 4 is 39.5 Å². The first kappa shape index (κ1) is 97.1. The molecule has 3 unspecified atom stereocenters. The third-order valence-corrected chi connectivity index (χ3v) is 20.9. The minimum Gasteiger partial charge on any atom is -0.462 e. The molecule has 0 fully saturated rings. The quantitative estimate of drug-likeness (QED) is 0.0222. The molecule has 0 aromatic heterocycles. The van der Waals surface area contributed by atoms with Gasteiger partial charge in [-0.15, -0.1) is 0 Å². The minimum atomic E-state index is -4.96. The molecule has 0 aromatic carbocycles. The van der Waals surface area contributed by atoms with Crippen LogP contribution in [0.1, 0.15) is 414 Å². The molecule has 0 radical (unpaired) electrons. The Morgan fingerprint density at radius 3 is 0.768 bits per heavy atom. The third kappa shape index (κ3) is 72.8. The number of phosphoric acid groups is 2. The van der Waals surface area contributed by atoms with E-state index in [1.54, 1.807) is 0 Å². The molecular formula is C80H156O17P2. The number of hydrogen-bond acceptors (Lipinski definition) is 15. The standard InChI is InChI=1S/C80H156O17P2/c1-8-10-11-12-13-14-15-16-17-18-19-20-25-28-34-41-49-56-63-79(84)96-75(67-90-77(82)61-54-47-40-33-27-24-22-21-23-26-31-37-44-51-58-71(3)4)69-94-98(86,87)92-65-74(81)66-93-99(88,89)95-70-76(68-91-78(83)62-55-48-43-36-38-45-52-59-72(5)6)97-80(85)64-57-50-42-35-30-29-32-39-46-53-60-73(7)9-2/h71-76,81H,8-70H2,1-7H3,(H,86,87)(H,88,89)/t73?,74-,75-,76-/m1/s1. The molecule has 19 heteroatoms. The second-order valence-electron chi connectivity index (χ2n) is 30.0. The molecule has 0 spiro atoms. The molecule has 588 valence electrons. The number of aliphatic hydroxyl groups is 1. The Labute approximate surface area is 607 Å². The molecule has 0 aromatic rings. The van der Waals surface area contributed by atoms with Crippen LogP contribution in [0, 0.1) is 17.8 Å². The van der Waals surface area contributed by atoms with Crippen LogP contribution in [-0.4, -0.2) is 96.7 Å². The first-order valence-electron chi connectivity index (χ1n) is 41.4. The zero-order chi connectivity index (χ0) is 73.0. The molecule has 0 aliphatic heterocycles. The van der Waals surface area contributed by atoms with E-state index in [2.05, 4.69) is 48.5 Å². The Morgan fingerprint density at radius 2 is 0.515 bits per heavy atom. The number of esters is 4. The average molecular weight is 1450 g/mol. The molecule has 3 N–H and O–H groups in total. The minimum absolute atomic E-state index is 0.105. The van der Waals surface area contributed by atoms with E-state index >= 15 is 0 Å². The highest BCUT2D eigenvalue weighted by Gasteiger charge is 2.30. The van der Waals surface area contributed by atoms with Crippen molar-refractivity contribution in [3.05, 3.63) is 0 Å². The van der Waals surface area contributed by atoms with Crippen LogP contribution >= 0.6 is 15.6 Å². The maximum absolute atomic E-state index is 13.1. The van der Waals surface area contributed by atoms with Gasteiger partial charge in [0.15, 0.2) is 12.2 Å². The summed E-state index contributed by atoms with van der Waals surface area (Å²) < 4.78 is 68.7. The monoisotopic (exact) mass is 1450 g/mol. The average Bonchev–Trinajstić information content (AvgIpc) is 1.17.